The van der Waals surface area contributed by atoms with Crippen molar-refractivity contribution in [2.45, 2.75) is 32.2 Å². The van der Waals surface area contributed by atoms with Gasteiger partial charge in [0.2, 0.25) is 0 Å². The van der Waals surface area contributed by atoms with Crippen LogP contribution in [0, 0.1) is 12.3 Å². The first kappa shape index (κ1) is 12.6. The largest absolute Gasteiger partial charge is 0.508 e. The van der Waals surface area contributed by atoms with Gasteiger partial charge in [0.15, 0.2) is 0 Å². The molecule has 1 atom stereocenters. The average Bonchev–Trinajstić information content (AvgIpc) is 2.28. The van der Waals surface area contributed by atoms with Crippen molar-refractivity contribution in [3.05, 3.63) is 29.8 Å². The summed E-state index contributed by atoms with van der Waals surface area (Å²) in [6.07, 6.45) is 8.01. The Balaban J connectivity index is 2.26. The minimum Gasteiger partial charge on any atom is -0.508 e. The van der Waals surface area contributed by atoms with Gasteiger partial charge in [-0.3, -0.25) is 0 Å². The summed E-state index contributed by atoms with van der Waals surface area (Å²) >= 11 is 0. The summed E-state index contributed by atoms with van der Waals surface area (Å²) < 4.78 is 0. The maximum Gasteiger partial charge on any atom is 0.115 e. The maximum absolute atomic E-state index is 9.16. The van der Waals surface area contributed by atoms with E-state index in [1.807, 2.05) is 12.1 Å². The highest BCUT2D eigenvalue weighted by atomic mass is 16.3. The number of phenolic OH excluding ortho intramolecular Hbond substituents is 1. The Morgan fingerprint density at radius 3 is 2.69 bits per heavy atom. The highest BCUT2D eigenvalue weighted by Gasteiger charge is 2.02. The minimum absolute atomic E-state index is 0.318. The number of hydrogen-bond acceptors (Lipinski definition) is 2. The van der Waals surface area contributed by atoms with Crippen molar-refractivity contribution in [2.75, 3.05) is 6.54 Å². The third-order valence-electron chi connectivity index (χ3n) is 2.47. The SMILES string of the molecule is C#CCCCNC(C)Cc1ccc(O)cc1. The molecule has 0 aliphatic carbocycles. The standard InChI is InChI=1S/C14H19NO/c1-3-4-5-10-15-12(2)11-13-6-8-14(16)9-7-13/h1,6-9,12,15-16H,4-5,10-11H2,2H3. The van der Waals surface area contributed by atoms with Gasteiger partial charge >= 0.3 is 0 Å². The van der Waals surface area contributed by atoms with E-state index >= 15 is 0 Å². The molecule has 1 aromatic rings. The van der Waals surface area contributed by atoms with Crippen LogP contribution in [0.3, 0.4) is 0 Å². The summed E-state index contributed by atoms with van der Waals surface area (Å²) in [5.74, 6) is 2.95. The molecule has 0 spiro atoms. The molecule has 1 aromatic carbocycles. The van der Waals surface area contributed by atoms with Crippen LogP contribution in [0.2, 0.25) is 0 Å². The van der Waals surface area contributed by atoms with Gasteiger partial charge in [-0.25, -0.2) is 0 Å². The summed E-state index contributed by atoms with van der Waals surface area (Å²) in [6.45, 7) is 3.12. The molecule has 0 saturated carbocycles. The van der Waals surface area contributed by atoms with Crippen LogP contribution in [0.1, 0.15) is 25.3 Å². The zero-order valence-corrected chi connectivity index (χ0v) is 9.74. The lowest BCUT2D eigenvalue weighted by Crippen LogP contribution is -2.28. The molecule has 0 aliphatic rings. The summed E-state index contributed by atoms with van der Waals surface area (Å²) in [5.41, 5.74) is 1.23. The van der Waals surface area contributed by atoms with E-state index in [0.717, 1.165) is 25.8 Å². The normalized spacial score (nSPS) is 12.0. The number of benzene rings is 1. The van der Waals surface area contributed by atoms with Gasteiger partial charge in [0.25, 0.3) is 0 Å². The maximum atomic E-state index is 9.16. The van der Waals surface area contributed by atoms with Crippen molar-refractivity contribution >= 4 is 0 Å². The quantitative estimate of drug-likeness (QED) is 0.566. The second-order valence-electron chi connectivity index (χ2n) is 4.03. The van der Waals surface area contributed by atoms with E-state index < -0.39 is 0 Å². The van der Waals surface area contributed by atoms with Crippen LogP contribution in [0.15, 0.2) is 24.3 Å². The van der Waals surface area contributed by atoms with E-state index in [1.54, 1.807) is 12.1 Å². The van der Waals surface area contributed by atoms with Crippen molar-refractivity contribution in [1.82, 2.24) is 5.32 Å². The summed E-state index contributed by atoms with van der Waals surface area (Å²) in [6, 6.07) is 7.78. The Kier molecular flexibility index (Phi) is 5.45. The van der Waals surface area contributed by atoms with E-state index in [9.17, 15) is 0 Å². The van der Waals surface area contributed by atoms with Crippen LogP contribution in [-0.2, 0) is 6.42 Å². The molecular weight excluding hydrogens is 198 g/mol. The molecule has 0 heterocycles. The predicted octanol–water partition coefficient (Wildman–Crippen LogP) is 2.33. The zero-order valence-electron chi connectivity index (χ0n) is 9.74. The third-order valence-corrected chi connectivity index (χ3v) is 2.47. The Labute approximate surface area is 97.7 Å². The van der Waals surface area contributed by atoms with E-state index in [4.69, 9.17) is 11.5 Å². The van der Waals surface area contributed by atoms with Crippen LogP contribution in [0.5, 0.6) is 5.75 Å². The number of unbranched alkanes of at least 4 members (excludes halogenated alkanes) is 1. The van der Waals surface area contributed by atoms with E-state index in [2.05, 4.69) is 18.2 Å². The first-order chi connectivity index (χ1) is 7.72. The predicted molar refractivity (Wildman–Crippen MR) is 67.3 cm³/mol. The second kappa shape index (κ2) is 6.92. The van der Waals surface area contributed by atoms with Gasteiger partial charge in [-0.1, -0.05) is 12.1 Å². The van der Waals surface area contributed by atoms with Crippen LogP contribution in [0.4, 0.5) is 0 Å². The van der Waals surface area contributed by atoms with Crippen LogP contribution >= 0.6 is 0 Å². The molecule has 0 aromatic heterocycles. The number of aromatic hydroxyl groups is 1. The lowest BCUT2D eigenvalue weighted by molar-refractivity contribution is 0.474. The Morgan fingerprint density at radius 2 is 2.06 bits per heavy atom. The summed E-state index contributed by atoms with van der Waals surface area (Å²) in [5, 5.41) is 12.6. The number of terminal acetylenes is 1. The fourth-order valence-corrected chi connectivity index (χ4v) is 1.60. The molecule has 0 bridgehead atoms. The number of phenols is 1. The number of hydrogen-bond donors (Lipinski definition) is 2. The van der Waals surface area contributed by atoms with Crippen molar-refractivity contribution in [3.63, 3.8) is 0 Å². The molecule has 1 rings (SSSR count). The Morgan fingerprint density at radius 1 is 1.38 bits per heavy atom. The van der Waals surface area contributed by atoms with Gasteiger partial charge in [-0.2, -0.15) is 0 Å². The molecule has 2 heteroatoms. The topological polar surface area (TPSA) is 32.3 Å². The van der Waals surface area contributed by atoms with Gasteiger partial charge in [0.1, 0.15) is 5.75 Å². The summed E-state index contributed by atoms with van der Waals surface area (Å²) in [4.78, 5) is 0. The van der Waals surface area contributed by atoms with Crippen LogP contribution in [0.25, 0.3) is 0 Å². The zero-order chi connectivity index (χ0) is 11.8. The second-order valence-corrected chi connectivity index (χ2v) is 4.03. The molecule has 0 aliphatic heterocycles. The van der Waals surface area contributed by atoms with Crippen molar-refractivity contribution in [1.29, 1.82) is 0 Å². The van der Waals surface area contributed by atoms with Crippen molar-refractivity contribution in [3.8, 4) is 18.1 Å². The molecule has 1 unspecified atom stereocenters. The Hall–Kier alpha value is -1.46. The first-order valence-corrected chi connectivity index (χ1v) is 5.67. The highest BCUT2D eigenvalue weighted by molar-refractivity contribution is 5.26. The van der Waals surface area contributed by atoms with Crippen LogP contribution in [-0.4, -0.2) is 17.7 Å². The molecule has 0 radical (unpaired) electrons. The molecule has 86 valence electrons. The van der Waals surface area contributed by atoms with E-state index in [0.29, 0.717) is 11.8 Å². The third kappa shape index (κ3) is 4.86. The van der Waals surface area contributed by atoms with Crippen LogP contribution < -0.4 is 5.32 Å². The van der Waals surface area contributed by atoms with Gasteiger partial charge in [0.05, 0.1) is 0 Å². The van der Waals surface area contributed by atoms with Crippen molar-refractivity contribution < 1.29 is 5.11 Å². The minimum atomic E-state index is 0.318. The van der Waals surface area contributed by atoms with Crippen molar-refractivity contribution in [2.24, 2.45) is 0 Å². The molecule has 16 heavy (non-hydrogen) atoms. The molecule has 0 saturated heterocycles. The highest BCUT2D eigenvalue weighted by Crippen LogP contribution is 2.11. The molecule has 2 N–H and O–H groups in total. The molecule has 0 fully saturated rings. The van der Waals surface area contributed by atoms with Gasteiger partial charge in [-0.15, -0.1) is 12.3 Å². The van der Waals surface area contributed by atoms with E-state index in [1.165, 1.54) is 5.56 Å². The Bertz CT molecular complexity index is 337. The molecule has 0 amide bonds. The smallest absolute Gasteiger partial charge is 0.115 e. The summed E-state index contributed by atoms with van der Waals surface area (Å²) in [7, 11) is 0. The lowest BCUT2D eigenvalue weighted by atomic mass is 10.1. The average molecular weight is 217 g/mol. The molecule has 2 nitrogen and oxygen atoms in total. The van der Waals surface area contributed by atoms with Gasteiger partial charge in [-0.05, 0) is 44.0 Å². The lowest BCUT2D eigenvalue weighted by Gasteiger charge is -2.13. The fourth-order valence-electron chi connectivity index (χ4n) is 1.60. The van der Waals surface area contributed by atoms with E-state index in [-0.39, 0.29) is 0 Å². The molecular formula is C14H19NO. The van der Waals surface area contributed by atoms with Gasteiger partial charge in [0, 0.05) is 12.5 Å². The fraction of sp³-hybridized carbons (Fsp3) is 0.429. The monoisotopic (exact) mass is 217 g/mol. The van der Waals surface area contributed by atoms with Gasteiger partial charge < -0.3 is 10.4 Å². The number of nitrogens with one attached hydrogen (secondary N) is 1. The number of rotatable bonds is 6. The first-order valence-electron chi connectivity index (χ1n) is 5.67.